The molecule has 0 saturated heterocycles. The maximum Gasteiger partial charge on any atom is 0.129 e. The third-order valence-corrected chi connectivity index (χ3v) is 2.54. The Labute approximate surface area is 98.7 Å². The fraction of sp³-hybridized carbons (Fsp3) is 0.692. The number of hydrogen-bond donors (Lipinski definition) is 1. The molecule has 0 spiro atoms. The number of nitrogens with zero attached hydrogens (tertiary/aromatic N) is 2. The van der Waals surface area contributed by atoms with Gasteiger partial charge in [-0.15, -0.1) is 0 Å². The van der Waals surface area contributed by atoms with Crippen LogP contribution in [0.1, 0.15) is 52.1 Å². The van der Waals surface area contributed by atoms with Crippen LogP contribution in [-0.2, 0) is 0 Å². The maximum absolute atomic E-state index is 4.24. The summed E-state index contributed by atoms with van der Waals surface area (Å²) in [7, 11) is 0. The van der Waals surface area contributed by atoms with Gasteiger partial charge < -0.3 is 5.32 Å². The van der Waals surface area contributed by atoms with Gasteiger partial charge in [-0.05, 0) is 24.7 Å². The molecule has 90 valence electrons. The largest absolute Gasteiger partial charge is 0.370 e. The molecule has 0 saturated carbocycles. The van der Waals surface area contributed by atoms with Crippen molar-refractivity contribution in [2.75, 3.05) is 11.9 Å². The minimum Gasteiger partial charge on any atom is -0.370 e. The second-order valence-corrected chi connectivity index (χ2v) is 4.95. The first-order valence-corrected chi connectivity index (χ1v) is 6.15. The van der Waals surface area contributed by atoms with Gasteiger partial charge in [-0.25, -0.2) is 9.97 Å². The van der Waals surface area contributed by atoms with Crippen molar-refractivity contribution in [2.45, 2.75) is 46.5 Å². The SMILES string of the molecule is CC(C)CCCNc1cc(C(C)C)ncn1. The molecule has 3 heteroatoms. The van der Waals surface area contributed by atoms with Crippen LogP contribution in [0.5, 0.6) is 0 Å². The normalized spacial score (nSPS) is 11.1. The Balaban J connectivity index is 2.39. The molecule has 0 aliphatic heterocycles. The average Bonchev–Trinajstić information content (AvgIpc) is 2.24. The van der Waals surface area contributed by atoms with Crippen molar-refractivity contribution in [1.82, 2.24) is 9.97 Å². The Morgan fingerprint density at radius 1 is 1.19 bits per heavy atom. The molecule has 1 rings (SSSR count). The number of anilines is 1. The molecule has 1 heterocycles. The van der Waals surface area contributed by atoms with E-state index in [4.69, 9.17) is 0 Å². The van der Waals surface area contributed by atoms with Gasteiger partial charge >= 0.3 is 0 Å². The van der Waals surface area contributed by atoms with Crippen LogP contribution in [0.25, 0.3) is 0 Å². The van der Waals surface area contributed by atoms with Crippen LogP contribution in [0.3, 0.4) is 0 Å². The van der Waals surface area contributed by atoms with Gasteiger partial charge in [-0.1, -0.05) is 27.7 Å². The lowest BCUT2D eigenvalue weighted by Crippen LogP contribution is -2.06. The summed E-state index contributed by atoms with van der Waals surface area (Å²) < 4.78 is 0. The quantitative estimate of drug-likeness (QED) is 0.748. The summed E-state index contributed by atoms with van der Waals surface area (Å²) in [5.41, 5.74) is 1.10. The topological polar surface area (TPSA) is 37.8 Å². The van der Waals surface area contributed by atoms with Gasteiger partial charge in [0.05, 0.1) is 0 Å². The smallest absolute Gasteiger partial charge is 0.129 e. The van der Waals surface area contributed by atoms with E-state index in [9.17, 15) is 0 Å². The van der Waals surface area contributed by atoms with Crippen molar-refractivity contribution >= 4 is 5.82 Å². The van der Waals surface area contributed by atoms with E-state index in [1.807, 2.05) is 6.07 Å². The molecule has 1 aromatic heterocycles. The lowest BCUT2D eigenvalue weighted by molar-refractivity contribution is 0.566. The lowest BCUT2D eigenvalue weighted by atomic mass is 10.1. The highest BCUT2D eigenvalue weighted by Crippen LogP contribution is 2.13. The number of rotatable bonds is 6. The van der Waals surface area contributed by atoms with Gasteiger partial charge in [0.2, 0.25) is 0 Å². The first-order chi connectivity index (χ1) is 7.59. The minimum absolute atomic E-state index is 0.458. The van der Waals surface area contributed by atoms with Crippen LogP contribution in [0.4, 0.5) is 5.82 Å². The zero-order chi connectivity index (χ0) is 12.0. The molecule has 0 radical (unpaired) electrons. The second kappa shape index (κ2) is 6.46. The predicted octanol–water partition coefficient (Wildman–Crippen LogP) is 3.45. The third kappa shape index (κ3) is 4.60. The van der Waals surface area contributed by atoms with Gasteiger partial charge in [-0.3, -0.25) is 0 Å². The van der Waals surface area contributed by atoms with Crippen molar-refractivity contribution in [2.24, 2.45) is 5.92 Å². The Morgan fingerprint density at radius 3 is 2.56 bits per heavy atom. The van der Waals surface area contributed by atoms with E-state index < -0.39 is 0 Å². The molecule has 0 fully saturated rings. The van der Waals surface area contributed by atoms with Crippen molar-refractivity contribution in [3.05, 3.63) is 18.1 Å². The van der Waals surface area contributed by atoms with Crippen molar-refractivity contribution in [1.29, 1.82) is 0 Å². The fourth-order valence-corrected chi connectivity index (χ4v) is 1.51. The third-order valence-electron chi connectivity index (χ3n) is 2.54. The summed E-state index contributed by atoms with van der Waals surface area (Å²) in [6.45, 7) is 9.78. The first-order valence-electron chi connectivity index (χ1n) is 6.15. The van der Waals surface area contributed by atoms with Crippen LogP contribution in [0.15, 0.2) is 12.4 Å². The van der Waals surface area contributed by atoms with Crippen LogP contribution in [0, 0.1) is 5.92 Å². The summed E-state index contributed by atoms with van der Waals surface area (Å²) >= 11 is 0. The summed E-state index contributed by atoms with van der Waals surface area (Å²) in [6, 6.07) is 2.04. The Hall–Kier alpha value is -1.12. The molecule has 0 atom stereocenters. The van der Waals surface area contributed by atoms with Crippen molar-refractivity contribution < 1.29 is 0 Å². The molecule has 0 aromatic carbocycles. The number of aromatic nitrogens is 2. The zero-order valence-corrected chi connectivity index (χ0v) is 10.8. The monoisotopic (exact) mass is 221 g/mol. The van der Waals surface area contributed by atoms with E-state index in [0.717, 1.165) is 24.0 Å². The summed E-state index contributed by atoms with van der Waals surface area (Å²) in [6.07, 6.45) is 4.09. The molecule has 1 aromatic rings. The van der Waals surface area contributed by atoms with E-state index in [0.29, 0.717) is 5.92 Å². The van der Waals surface area contributed by atoms with Gasteiger partial charge in [0.25, 0.3) is 0 Å². The summed E-state index contributed by atoms with van der Waals surface area (Å²) in [5.74, 6) is 2.18. The molecular formula is C13H23N3. The van der Waals surface area contributed by atoms with Crippen LogP contribution >= 0.6 is 0 Å². The highest BCUT2D eigenvalue weighted by atomic mass is 15.0. The van der Waals surface area contributed by atoms with Crippen molar-refractivity contribution in [3.63, 3.8) is 0 Å². The summed E-state index contributed by atoms with van der Waals surface area (Å²) in [4.78, 5) is 8.46. The van der Waals surface area contributed by atoms with E-state index in [2.05, 4.69) is 43.0 Å². The van der Waals surface area contributed by atoms with Gasteiger partial charge in [0.15, 0.2) is 0 Å². The van der Waals surface area contributed by atoms with Gasteiger partial charge in [0, 0.05) is 18.3 Å². The Kier molecular flexibility index (Phi) is 5.23. The summed E-state index contributed by atoms with van der Waals surface area (Å²) in [5, 5.41) is 3.34. The lowest BCUT2D eigenvalue weighted by Gasteiger charge is -2.09. The van der Waals surface area contributed by atoms with E-state index in [1.165, 1.54) is 12.8 Å². The minimum atomic E-state index is 0.458. The van der Waals surface area contributed by atoms with Crippen LogP contribution in [-0.4, -0.2) is 16.5 Å². The molecule has 0 unspecified atom stereocenters. The highest BCUT2D eigenvalue weighted by Gasteiger charge is 2.02. The second-order valence-electron chi connectivity index (χ2n) is 4.95. The maximum atomic E-state index is 4.24. The molecule has 3 nitrogen and oxygen atoms in total. The molecule has 0 aliphatic carbocycles. The first kappa shape index (κ1) is 12.9. The molecule has 0 amide bonds. The van der Waals surface area contributed by atoms with Crippen molar-refractivity contribution in [3.8, 4) is 0 Å². The van der Waals surface area contributed by atoms with E-state index in [1.54, 1.807) is 6.33 Å². The average molecular weight is 221 g/mol. The Bertz CT molecular complexity index is 308. The molecular weight excluding hydrogens is 198 g/mol. The van der Waals surface area contributed by atoms with E-state index >= 15 is 0 Å². The predicted molar refractivity (Wildman–Crippen MR) is 68.7 cm³/mol. The highest BCUT2D eigenvalue weighted by molar-refractivity contribution is 5.35. The zero-order valence-electron chi connectivity index (χ0n) is 10.8. The molecule has 16 heavy (non-hydrogen) atoms. The molecule has 0 aliphatic rings. The molecule has 1 N–H and O–H groups in total. The van der Waals surface area contributed by atoms with Crippen LogP contribution in [0.2, 0.25) is 0 Å². The number of hydrogen-bond acceptors (Lipinski definition) is 3. The standard InChI is InChI=1S/C13H23N3/c1-10(2)6-5-7-14-13-8-12(11(3)4)15-9-16-13/h8-11H,5-7H2,1-4H3,(H,14,15,16). The van der Waals surface area contributed by atoms with Gasteiger partial charge in [0.1, 0.15) is 12.1 Å². The van der Waals surface area contributed by atoms with E-state index in [-0.39, 0.29) is 0 Å². The van der Waals surface area contributed by atoms with Crippen LogP contribution < -0.4 is 5.32 Å². The van der Waals surface area contributed by atoms with Gasteiger partial charge in [-0.2, -0.15) is 0 Å². The molecule has 0 bridgehead atoms. The Morgan fingerprint density at radius 2 is 1.94 bits per heavy atom. The number of nitrogens with one attached hydrogen (secondary N) is 1. The fourth-order valence-electron chi connectivity index (χ4n) is 1.51.